The van der Waals surface area contributed by atoms with Crippen molar-refractivity contribution >= 4 is 17.1 Å². The highest BCUT2D eigenvalue weighted by Crippen LogP contribution is 2.20. The number of morpholine rings is 1. The van der Waals surface area contributed by atoms with E-state index in [1.54, 1.807) is 18.0 Å². The number of hydrogen-bond acceptors (Lipinski definition) is 9. The van der Waals surface area contributed by atoms with Gasteiger partial charge >= 0.3 is 0 Å². The Balaban J connectivity index is 1.18. The fourth-order valence-electron chi connectivity index (χ4n) is 4.29. The second-order valence-corrected chi connectivity index (χ2v) is 8.32. The number of methoxy groups -OCH3 is 1. The smallest absolute Gasteiger partial charge is 0.225 e. The van der Waals surface area contributed by atoms with Crippen molar-refractivity contribution in [1.82, 2.24) is 34.8 Å². The number of piperidine rings is 1. The largest absolute Gasteiger partial charge is 0.497 e. The molecule has 0 aliphatic carbocycles. The normalized spacial score (nSPS) is 18.8. The second kappa shape index (κ2) is 9.76. The molecule has 1 N–H and O–H groups in total. The highest BCUT2D eigenvalue weighted by atomic mass is 16.5. The number of likely N-dealkylation sites (tertiary alicyclic amines) is 1. The van der Waals surface area contributed by atoms with E-state index in [0.29, 0.717) is 23.2 Å². The molecule has 2 aliphatic heterocycles. The SMILES string of the molecule is COc1ccc(-n2nnc3cnc(NC4CCN(CCN5CCOCC5)CC4)nc32)cc1. The van der Waals surface area contributed by atoms with E-state index in [-0.39, 0.29) is 0 Å². The van der Waals surface area contributed by atoms with E-state index in [1.807, 2.05) is 24.3 Å². The number of ether oxygens (including phenoxy) is 2. The maximum atomic E-state index is 5.44. The number of anilines is 1. The lowest BCUT2D eigenvalue weighted by atomic mass is 10.1. The average Bonchev–Trinajstić information content (AvgIpc) is 3.28. The zero-order valence-corrected chi connectivity index (χ0v) is 18.5. The summed E-state index contributed by atoms with van der Waals surface area (Å²) >= 11 is 0. The number of hydrogen-bond donors (Lipinski definition) is 1. The third-order valence-corrected chi connectivity index (χ3v) is 6.27. The van der Waals surface area contributed by atoms with E-state index in [4.69, 9.17) is 14.5 Å². The predicted molar refractivity (Wildman–Crippen MR) is 121 cm³/mol. The molecule has 1 aromatic carbocycles. The summed E-state index contributed by atoms with van der Waals surface area (Å²) in [7, 11) is 1.65. The molecule has 32 heavy (non-hydrogen) atoms. The molecule has 0 bridgehead atoms. The summed E-state index contributed by atoms with van der Waals surface area (Å²) in [6.07, 6.45) is 3.90. The van der Waals surface area contributed by atoms with Crippen LogP contribution in [0.1, 0.15) is 12.8 Å². The fraction of sp³-hybridized carbons (Fsp3) is 0.545. The third-order valence-electron chi connectivity index (χ3n) is 6.27. The standard InChI is InChI=1S/C22H30N8O2/c1-31-19-4-2-18(3-5-19)30-21-20(26-27-30)16-23-22(25-21)24-17-6-8-28(9-7-17)10-11-29-12-14-32-15-13-29/h2-5,16-17H,6-15H2,1H3,(H,23,24,25). The van der Waals surface area contributed by atoms with Crippen LogP contribution < -0.4 is 10.1 Å². The van der Waals surface area contributed by atoms with Crippen molar-refractivity contribution < 1.29 is 9.47 Å². The van der Waals surface area contributed by atoms with Crippen LogP contribution in [0.5, 0.6) is 5.75 Å². The Labute approximate surface area is 187 Å². The van der Waals surface area contributed by atoms with Crippen molar-refractivity contribution in [2.45, 2.75) is 18.9 Å². The Morgan fingerprint density at radius 1 is 1.03 bits per heavy atom. The fourth-order valence-corrected chi connectivity index (χ4v) is 4.29. The summed E-state index contributed by atoms with van der Waals surface area (Å²) < 4.78 is 12.4. The third kappa shape index (κ3) is 4.82. The van der Waals surface area contributed by atoms with Crippen molar-refractivity contribution in [3.63, 3.8) is 0 Å². The van der Waals surface area contributed by atoms with Gasteiger partial charge in [-0.25, -0.2) is 4.98 Å². The molecule has 2 aliphatic rings. The van der Waals surface area contributed by atoms with E-state index in [1.165, 1.54) is 0 Å². The minimum absolute atomic E-state index is 0.373. The molecule has 5 rings (SSSR count). The lowest BCUT2D eigenvalue weighted by Gasteiger charge is -2.34. The quantitative estimate of drug-likeness (QED) is 0.588. The summed E-state index contributed by atoms with van der Waals surface area (Å²) in [4.78, 5) is 14.2. The lowest BCUT2D eigenvalue weighted by Crippen LogP contribution is -2.45. The Morgan fingerprint density at radius 2 is 1.75 bits per heavy atom. The predicted octanol–water partition coefficient (Wildman–Crippen LogP) is 1.43. The van der Waals surface area contributed by atoms with Crippen molar-refractivity contribution in [2.75, 3.05) is 64.9 Å². The summed E-state index contributed by atoms with van der Waals surface area (Å²) in [6.45, 7) is 8.28. The molecular formula is C22H30N8O2. The van der Waals surface area contributed by atoms with Gasteiger partial charge in [-0.2, -0.15) is 9.67 Å². The molecule has 3 aromatic rings. The molecule has 2 fully saturated rings. The zero-order chi connectivity index (χ0) is 21.8. The van der Waals surface area contributed by atoms with Crippen LogP contribution in [0.2, 0.25) is 0 Å². The zero-order valence-electron chi connectivity index (χ0n) is 18.5. The first-order valence-electron chi connectivity index (χ1n) is 11.3. The first-order chi connectivity index (χ1) is 15.8. The Kier molecular flexibility index (Phi) is 6.42. The van der Waals surface area contributed by atoms with Crippen molar-refractivity contribution in [1.29, 1.82) is 0 Å². The van der Waals surface area contributed by atoms with Crippen LogP contribution in [0.3, 0.4) is 0 Å². The van der Waals surface area contributed by atoms with Gasteiger partial charge in [0.1, 0.15) is 5.75 Å². The second-order valence-electron chi connectivity index (χ2n) is 8.32. The van der Waals surface area contributed by atoms with Crippen LogP contribution in [0.15, 0.2) is 30.5 Å². The molecule has 4 heterocycles. The average molecular weight is 439 g/mol. The lowest BCUT2D eigenvalue weighted by molar-refractivity contribution is 0.0322. The minimum atomic E-state index is 0.373. The monoisotopic (exact) mass is 438 g/mol. The molecule has 2 saturated heterocycles. The minimum Gasteiger partial charge on any atom is -0.497 e. The van der Waals surface area contributed by atoms with Gasteiger partial charge in [-0.05, 0) is 37.1 Å². The summed E-state index contributed by atoms with van der Waals surface area (Å²) in [6, 6.07) is 8.05. The van der Waals surface area contributed by atoms with Crippen LogP contribution in [0, 0.1) is 0 Å². The van der Waals surface area contributed by atoms with Gasteiger partial charge in [0.25, 0.3) is 0 Å². The Bertz CT molecular complexity index is 1010. The van der Waals surface area contributed by atoms with Crippen LogP contribution in [-0.4, -0.2) is 100 Å². The molecule has 0 amide bonds. The van der Waals surface area contributed by atoms with Gasteiger partial charge in [-0.3, -0.25) is 4.90 Å². The maximum absolute atomic E-state index is 5.44. The number of nitrogens with one attached hydrogen (secondary N) is 1. The molecule has 0 unspecified atom stereocenters. The first-order valence-corrected chi connectivity index (χ1v) is 11.3. The number of benzene rings is 1. The van der Waals surface area contributed by atoms with Gasteiger partial charge in [0, 0.05) is 45.3 Å². The summed E-state index contributed by atoms with van der Waals surface area (Å²) in [5.41, 5.74) is 2.24. The molecule has 0 saturated carbocycles. The van der Waals surface area contributed by atoms with Crippen LogP contribution >= 0.6 is 0 Å². The van der Waals surface area contributed by atoms with Crippen LogP contribution in [0.25, 0.3) is 16.9 Å². The Hall–Kier alpha value is -2.82. The van der Waals surface area contributed by atoms with Gasteiger partial charge in [0.15, 0.2) is 11.2 Å². The summed E-state index contributed by atoms with van der Waals surface area (Å²) in [5.74, 6) is 1.42. The molecule has 10 nitrogen and oxygen atoms in total. The molecule has 0 spiro atoms. The molecule has 10 heteroatoms. The number of nitrogens with zero attached hydrogens (tertiary/aromatic N) is 7. The van der Waals surface area contributed by atoms with Crippen LogP contribution in [0.4, 0.5) is 5.95 Å². The van der Waals surface area contributed by atoms with Crippen molar-refractivity contribution in [3.8, 4) is 11.4 Å². The van der Waals surface area contributed by atoms with Gasteiger partial charge in [-0.1, -0.05) is 5.21 Å². The Morgan fingerprint density at radius 3 is 2.47 bits per heavy atom. The van der Waals surface area contributed by atoms with Crippen LogP contribution in [-0.2, 0) is 4.74 Å². The number of aromatic nitrogens is 5. The van der Waals surface area contributed by atoms with E-state index in [9.17, 15) is 0 Å². The first kappa shape index (κ1) is 21.0. The van der Waals surface area contributed by atoms with Crippen molar-refractivity contribution in [2.24, 2.45) is 0 Å². The van der Waals surface area contributed by atoms with E-state index in [0.717, 1.165) is 76.8 Å². The highest BCUT2D eigenvalue weighted by molar-refractivity contribution is 5.72. The van der Waals surface area contributed by atoms with Gasteiger partial charge in [0.2, 0.25) is 5.95 Å². The highest BCUT2D eigenvalue weighted by Gasteiger charge is 2.21. The van der Waals surface area contributed by atoms with Gasteiger partial charge in [0.05, 0.1) is 32.2 Å². The maximum Gasteiger partial charge on any atom is 0.225 e. The molecule has 2 aromatic heterocycles. The van der Waals surface area contributed by atoms with Gasteiger partial charge in [-0.15, -0.1) is 5.10 Å². The number of fused-ring (bicyclic) bond motifs is 1. The molecule has 170 valence electrons. The summed E-state index contributed by atoms with van der Waals surface area (Å²) in [5, 5.41) is 12.0. The molecular weight excluding hydrogens is 408 g/mol. The van der Waals surface area contributed by atoms with Crippen molar-refractivity contribution in [3.05, 3.63) is 30.5 Å². The molecule has 0 radical (unpaired) electrons. The topological polar surface area (TPSA) is 93.5 Å². The molecule has 0 atom stereocenters. The van der Waals surface area contributed by atoms with E-state index < -0.39 is 0 Å². The van der Waals surface area contributed by atoms with E-state index in [2.05, 4.69) is 30.4 Å². The number of rotatable bonds is 7. The van der Waals surface area contributed by atoms with Gasteiger partial charge < -0.3 is 19.7 Å². The van der Waals surface area contributed by atoms with E-state index >= 15 is 0 Å².